The third kappa shape index (κ3) is 4.01. The molecule has 1 aromatic heterocycles. The largest absolute Gasteiger partial charge is 0.310 e. The Morgan fingerprint density at radius 2 is 1.81 bits per heavy atom. The maximum Gasteiger partial charge on any atom is 0.262 e. The van der Waals surface area contributed by atoms with Crippen LogP contribution in [0.3, 0.4) is 0 Å². The Kier molecular flexibility index (Phi) is 5.56. The minimum atomic E-state index is -3.97. The first-order valence-electron chi connectivity index (χ1n) is 9.89. The highest BCUT2D eigenvalue weighted by Crippen LogP contribution is 2.35. The lowest BCUT2D eigenvalue weighted by atomic mass is 10.0. The van der Waals surface area contributed by atoms with Gasteiger partial charge in [0.25, 0.3) is 10.0 Å². The molecule has 2 heterocycles. The number of nitrogens with one attached hydrogen (secondary N) is 2. The summed E-state index contributed by atoms with van der Waals surface area (Å²) in [7, 11) is -3.97. The predicted octanol–water partition coefficient (Wildman–Crippen LogP) is 4.30. The van der Waals surface area contributed by atoms with Crippen molar-refractivity contribution < 1.29 is 18.0 Å². The van der Waals surface area contributed by atoms with Gasteiger partial charge in [-0.1, -0.05) is 29.8 Å². The van der Waals surface area contributed by atoms with Crippen molar-refractivity contribution in [2.45, 2.75) is 38.5 Å². The van der Waals surface area contributed by atoms with Crippen molar-refractivity contribution in [2.24, 2.45) is 0 Å². The van der Waals surface area contributed by atoms with Crippen molar-refractivity contribution in [3.63, 3.8) is 0 Å². The molecule has 4 rings (SSSR count). The van der Waals surface area contributed by atoms with E-state index in [1.165, 1.54) is 10.7 Å². The van der Waals surface area contributed by atoms with Gasteiger partial charge in [-0.25, -0.2) is 8.42 Å². The zero-order valence-corrected chi connectivity index (χ0v) is 19.3. The van der Waals surface area contributed by atoms with Crippen LogP contribution in [0.25, 0.3) is 11.1 Å². The van der Waals surface area contributed by atoms with Gasteiger partial charge in [-0.05, 0) is 55.7 Å². The van der Waals surface area contributed by atoms with Crippen LogP contribution in [0, 0.1) is 20.8 Å². The second kappa shape index (κ2) is 8.07. The topological polar surface area (TPSA) is 110 Å². The Morgan fingerprint density at radius 1 is 1.06 bits per heavy atom. The monoisotopic (exact) mass is 472 g/mol. The van der Waals surface area contributed by atoms with E-state index in [0.29, 0.717) is 27.4 Å². The fraction of sp³-hybridized carbons (Fsp3) is 0.227. The van der Waals surface area contributed by atoms with Crippen molar-refractivity contribution >= 4 is 44.9 Å². The Bertz CT molecular complexity index is 1380. The van der Waals surface area contributed by atoms with E-state index >= 15 is 0 Å². The molecule has 2 N–H and O–H groups in total. The Morgan fingerprint density at radius 3 is 2.53 bits per heavy atom. The molecule has 3 aromatic rings. The maximum absolute atomic E-state index is 13.2. The number of nitrogens with zero attached hydrogens (tertiary/aromatic N) is 2. The molecule has 1 amide bonds. The van der Waals surface area contributed by atoms with Gasteiger partial charge < -0.3 is 5.32 Å². The number of amides is 1. The van der Waals surface area contributed by atoms with Gasteiger partial charge in [-0.3, -0.25) is 14.3 Å². The molecule has 0 bridgehead atoms. The van der Waals surface area contributed by atoms with Crippen LogP contribution >= 0.6 is 11.6 Å². The summed E-state index contributed by atoms with van der Waals surface area (Å²) in [6, 6.07) is 9.96. The molecule has 1 aliphatic heterocycles. The average Bonchev–Trinajstić information content (AvgIpc) is 2.97. The number of sulfonamides is 1. The lowest BCUT2D eigenvalue weighted by Crippen LogP contribution is -2.15. The van der Waals surface area contributed by atoms with Gasteiger partial charge in [-0.2, -0.15) is 9.78 Å². The SMILES string of the molecule is Cc1ccc(NS(=O)(=O)c2cc(-c3c(C)nn4c3NC(=O)CCC4=O)ccc2C)c(Cl)c1. The highest BCUT2D eigenvalue weighted by molar-refractivity contribution is 7.92. The minimum Gasteiger partial charge on any atom is -0.310 e. The van der Waals surface area contributed by atoms with Crippen LogP contribution in [-0.4, -0.2) is 30.0 Å². The molecule has 1 aliphatic rings. The van der Waals surface area contributed by atoms with Crippen LogP contribution in [0.1, 0.15) is 34.5 Å². The number of rotatable bonds is 4. The fourth-order valence-electron chi connectivity index (χ4n) is 3.64. The molecular weight excluding hydrogens is 452 g/mol. The molecular formula is C22H21ClN4O4S. The minimum absolute atomic E-state index is 0.0498. The number of anilines is 2. The fourth-order valence-corrected chi connectivity index (χ4v) is 5.33. The highest BCUT2D eigenvalue weighted by atomic mass is 35.5. The molecule has 10 heteroatoms. The van der Waals surface area contributed by atoms with E-state index in [0.717, 1.165) is 5.56 Å². The van der Waals surface area contributed by atoms with Crippen LogP contribution in [0.4, 0.5) is 11.5 Å². The van der Waals surface area contributed by atoms with E-state index in [2.05, 4.69) is 15.1 Å². The van der Waals surface area contributed by atoms with Gasteiger partial charge in [0, 0.05) is 18.4 Å². The van der Waals surface area contributed by atoms with Crippen molar-refractivity contribution in [3.8, 4) is 11.1 Å². The zero-order valence-electron chi connectivity index (χ0n) is 17.7. The molecule has 0 radical (unpaired) electrons. The van der Waals surface area contributed by atoms with Crippen LogP contribution in [0.5, 0.6) is 0 Å². The lowest BCUT2D eigenvalue weighted by molar-refractivity contribution is -0.116. The van der Waals surface area contributed by atoms with E-state index in [4.69, 9.17) is 11.6 Å². The molecule has 32 heavy (non-hydrogen) atoms. The van der Waals surface area contributed by atoms with Gasteiger partial charge in [0.15, 0.2) is 0 Å². The average molecular weight is 473 g/mol. The quantitative estimate of drug-likeness (QED) is 0.588. The molecule has 0 saturated carbocycles. The summed E-state index contributed by atoms with van der Waals surface area (Å²) >= 11 is 6.21. The van der Waals surface area contributed by atoms with E-state index < -0.39 is 10.0 Å². The molecule has 0 atom stereocenters. The number of benzene rings is 2. The first-order chi connectivity index (χ1) is 15.1. The van der Waals surface area contributed by atoms with E-state index in [1.54, 1.807) is 44.2 Å². The van der Waals surface area contributed by atoms with E-state index in [-0.39, 0.29) is 41.1 Å². The summed E-state index contributed by atoms with van der Waals surface area (Å²) in [5.41, 5.74) is 3.22. The van der Waals surface area contributed by atoms with Gasteiger partial charge in [-0.15, -0.1) is 0 Å². The summed E-state index contributed by atoms with van der Waals surface area (Å²) < 4.78 is 30.1. The smallest absolute Gasteiger partial charge is 0.262 e. The second-order valence-corrected chi connectivity index (χ2v) is 9.79. The Balaban J connectivity index is 1.81. The third-order valence-electron chi connectivity index (χ3n) is 5.26. The summed E-state index contributed by atoms with van der Waals surface area (Å²) in [4.78, 5) is 24.5. The van der Waals surface area contributed by atoms with Gasteiger partial charge >= 0.3 is 0 Å². The van der Waals surface area contributed by atoms with E-state index in [1.807, 2.05) is 6.92 Å². The first kappa shape index (κ1) is 22.0. The molecule has 2 aromatic carbocycles. The molecule has 0 aliphatic carbocycles. The van der Waals surface area contributed by atoms with Gasteiger partial charge in [0.2, 0.25) is 11.8 Å². The zero-order chi connectivity index (χ0) is 23.2. The van der Waals surface area contributed by atoms with Crippen molar-refractivity contribution in [1.82, 2.24) is 9.78 Å². The predicted molar refractivity (Wildman–Crippen MR) is 123 cm³/mol. The second-order valence-electron chi connectivity index (χ2n) is 7.73. The molecule has 0 spiro atoms. The highest BCUT2D eigenvalue weighted by Gasteiger charge is 2.27. The Labute approximate surface area is 190 Å². The number of fused-ring (bicyclic) bond motifs is 1. The summed E-state index contributed by atoms with van der Waals surface area (Å²) in [5.74, 6) is -0.353. The van der Waals surface area contributed by atoms with Crippen LogP contribution < -0.4 is 10.0 Å². The number of carbonyl (C=O) groups excluding carboxylic acids is 2. The lowest BCUT2D eigenvalue weighted by Gasteiger charge is -2.14. The van der Waals surface area contributed by atoms with Gasteiger partial charge in [0.05, 0.1) is 21.3 Å². The van der Waals surface area contributed by atoms with Crippen LogP contribution in [0.2, 0.25) is 5.02 Å². The summed E-state index contributed by atoms with van der Waals surface area (Å²) in [6.45, 7) is 5.25. The standard InChI is InChI=1S/C22H21ClN4O4S/c1-12-4-7-17(16(23)10-12)26-32(30,31)18-11-15(6-5-13(18)2)21-14(3)25-27-20(29)9-8-19(28)24-22(21)27/h4-7,10-11,26H,8-9H2,1-3H3,(H,24,28). The van der Waals surface area contributed by atoms with Crippen molar-refractivity contribution in [1.29, 1.82) is 0 Å². The molecule has 0 fully saturated rings. The van der Waals surface area contributed by atoms with Gasteiger partial charge in [0.1, 0.15) is 5.82 Å². The normalized spacial score (nSPS) is 14.0. The van der Waals surface area contributed by atoms with E-state index in [9.17, 15) is 18.0 Å². The number of hydrogen-bond donors (Lipinski definition) is 2. The van der Waals surface area contributed by atoms with Crippen LogP contribution in [-0.2, 0) is 14.8 Å². The number of hydrogen-bond acceptors (Lipinski definition) is 5. The number of aryl methyl sites for hydroxylation is 3. The third-order valence-corrected chi connectivity index (χ3v) is 7.08. The molecule has 8 nitrogen and oxygen atoms in total. The molecule has 0 saturated heterocycles. The summed E-state index contributed by atoms with van der Waals surface area (Å²) in [6.07, 6.45) is 0.115. The maximum atomic E-state index is 13.2. The van der Waals surface area contributed by atoms with Crippen LogP contribution in [0.15, 0.2) is 41.3 Å². The number of halogens is 1. The number of carbonyl (C=O) groups is 2. The molecule has 166 valence electrons. The summed E-state index contributed by atoms with van der Waals surface area (Å²) in [5, 5.41) is 7.29. The number of aromatic nitrogens is 2. The first-order valence-corrected chi connectivity index (χ1v) is 11.8. The van der Waals surface area contributed by atoms with Crippen molar-refractivity contribution in [2.75, 3.05) is 10.0 Å². The molecule has 0 unspecified atom stereocenters. The van der Waals surface area contributed by atoms with Crippen molar-refractivity contribution in [3.05, 3.63) is 58.2 Å². The Hall–Kier alpha value is -3.17.